The molecule has 0 bridgehead atoms. The van der Waals surface area contributed by atoms with Crippen molar-refractivity contribution in [2.24, 2.45) is 11.3 Å². The maximum Gasteiger partial charge on any atom is 0.0776 e. The Morgan fingerprint density at radius 1 is 1.00 bits per heavy atom. The number of hydrogen-bond acceptors (Lipinski definition) is 2. The largest absolute Gasteiger partial charge is 0.376 e. The van der Waals surface area contributed by atoms with Gasteiger partial charge in [-0.3, -0.25) is 0 Å². The highest BCUT2D eigenvalue weighted by molar-refractivity contribution is 4.88. The highest BCUT2D eigenvalue weighted by atomic mass is 16.5. The molecule has 1 N–H and O–H groups in total. The predicted molar refractivity (Wildman–Crippen MR) is 94.9 cm³/mol. The molecule has 2 nitrogen and oxygen atoms in total. The van der Waals surface area contributed by atoms with Crippen molar-refractivity contribution < 1.29 is 4.74 Å². The lowest BCUT2D eigenvalue weighted by Crippen LogP contribution is -2.49. The van der Waals surface area contributed by atoms with Crippen molar-refractivity contribution in [2.45, 2.75) is 99.1 Å². The van der Waals surface area contributed by atoms with Crippen molar-refractivity contribution in [3.63, 3.8) is 0 Å². The standard InChI is InChI=1S/C19H41NO/c1-8-12-13-16(10-3)15-17(20-14-9-2)18(21-11-4)19(5,6)7/h16-18,20H,8-15H2,1-7H3. The van der Waals surface area contributed by atoms with Crippen LogP contribution < -0.4 is 5.32 Å². The molecule has 0 fully saturated rings. The van der Waals surface area contributed by atoms with Gasteiger partial charge in [-0.15, -0.1) is 0 Å². The van der Waals surface area contributed by atoms with Crippen LogP contribution in [0, 0.1) is 11.3 Å². The second kappa shape index (κ2) is 11.5. The maximum atomic E-state index is 6.15. The van der Waals surface area contributed by atoms with Gasteiger partial charge in [-0.25, -0.2) is 0 Å². The monoisotopic (exact) mass is 299 g/mol. The molecule has 128 valence electrons. The molecule has 0 saturated carbocycles. The molecule has 0 aliphatic carbocycles. The predicted octanol–water partition coefficient (Wildman–Crippen LogP) is 5.41. The Labute approximate surface area is 134 Å². The van der Waals surface area contributed by atoms with Crippen LogP contribution in [0.5, 0.6) is 0 Å². The smallest absolute Gasteiger partial charge is 0.0776 e. The van der Waals surface area contributed by atoms with Gasteiger partial charge in [0.2, 0.25) is 0 Å². The van der Waals surface area contributed by atoms with Crippen molar-refractivity contribution in [2.75, 3.05) is 13.2 Å². The zero-order valence-electron chi connectivity index (χ0n) is 15.8. The molecule has 0 saturated heterocycles. The van der Waals surface area contributed by atoms with E-state index in [1.165, 1.54) is 38.5 Å². The molecule has 21 heavy (non-hydrogen) atoms. The number of hydrogen-bond donors (Lipinski definition) is 1. The molecular weight excluding hydrogens is 258 g/mol. The minimum Gasteiger partial charge on any atom is -0.376 e. The van der Waals surface area contributed by atoms with Crippen molar-refractivity contribution in [1.29, 1.82) is 0 Å². The minimum atomic E-state index is 0.185. The molecule has 0 spiro atoms. The zero-order chi connectivity index (χ0) is 16.3. The average Bonchev–Trinajstić information content (AvgIpc) is 2.43. The fraction of sp³-hybridized carbons (Fsp3) is 1.00. The molecule has 0 aromatic heterocycles. The fourth-order valence-electron chi connectivity index (χ4n) is 3.13. The first-order valence-corrected chi connectivity index (χ1v) is 9.25. The first-order chi connectivity index (χ1) is 9.90. The highest BCUT2D eigenvalue weighted by Crippen LogP contribution is 2.30. The topological polar surface area (TPSA) is 21.3 Å². The Balaban J connectivity index is 4.86. The summed E-state index contributed by atoms with van der Waals surface area (Å²) in [6.45, 7) is 17.8. The third-order valence-electron chi connectivity index (χ3n) is 4.35. The SMILES string of the molecule is CCCCC(CC)CC(NCCC)C(OCC)C(C)(C)C. The second-order valence-electron chi connectivity index (χ2n) is 7.45. The summed E-state index contributed by atoms with van der Waals surface area (Å²) in [5.41, 5.74) is 0.185. The Hall–Kier alpha value is -0.0800. The van der Waals surface area contributed by atoms with E-state index in [-0.39, 0.29) is 5.41 Å². The molecule has 0 radical (unpaired) electrons. The Kier molecular flexibility index (Phi) is 11.4. The van der Waals surface area contributed by atoms with Gasteiger partial charge in [-0.2, -0.15) is 0 Å². The van der Waals surface area contributed by atoms with E-state index >= 15 is 0 Å². The molecule has 0 heterocycles. The van der Waals surface area contributed by atoms with Gasteiger partial charge in [0.05, 0.1) is 6.10 Å². The van der Waals surface area contributed by atoms with Crippen LogP contribution in [-0.2, 0) is 4.74 Å². The van der Waals surface area contributed by atoms with E-state index < -0.39 is 0 Å². The van der Waals surface area contributed by atoms with Gasteiger partial charge in [-0.1, -0.05) is 67.2 Å². The van der Waals surface area contributed by atoms with Gasteiger partial charge in [0.25, 0.3) is 0 Å². The lowest BCUT2D eigenvalue weighted by Gasteiger charge is -2.39. The molecule has 0 aromatic rings. The van der Waals surface area contributed by atoms with Crippen LogP contribution in [0.4, 0.5) is 0 Å². The molecule has 3 unspecified atom stereocenters. The lowest BCUT2D eigenvalue weighted by atomic mass is 9.80. The third kappa shape index (κ3) is 8.83. The van der Waals surface area contributed by atoms with Crippen LogP contribution in [0.25, 0.3) is 0 Å². The van der Waals surface area contributed by atoms with Gasteiger partial charge >= 0.3 is 0 Å². The summed E-state index contributed by atoms with van der Waals surface area (Å²) in [6, 6.07) is 0.478. The van der Waals surface area contributed by atoms with Crippen molar-refractivity contribution >= 4 is 0 Å². The van der Waals surface area contributed by atoms with E-state index in [0.717, 1.165) is 19.1 Å². The van der Waals surface area contributed by atoms with Crippen LogP contribution in [0.3, 0.4) is 0 Å². The number of unbranched alkanes of at least 4 members (excludes halogenated alkanes) is 1. The molecule has 2 heteroatoms. The van der Waals surface area contributed by atoms with E-state index in [1.54, 1.807) is 0 Å². The average molecular weight is 300 g/mol. The van der Waals surface area contributed by atoms with Crippen LogP contribution >= 0.6 is 0 Å². The van der Waals surface area contributed by atoms with Gasteiger partial charge in [0.15, 0.2) is 0 Å². The highest BCUT2D eigenvalue weighted by Gasteiger charge is 2.33. The van der Waals surface area contributed by atoms with Crippen LogP contribution in [0.15, 0.2) is 0 Å². The fourth-order valence-corrected chi connectivity index (χ4v) is 3.13. The van der Waals surface area contributed by atoms with E-state index in [2.05, 4.69) is 53.8 Å². The molecule has 0 amide bonds. The number of nitrogens with one attached hydrogen (secondary N) is 1. The second-order valence-corrected chi connectivity index (χ2v) is 7.45. The molecule has 3 atom stereocenters. The number of ether oxygens (including phenoxy) is 1. The summed E-state index contributed by atoms with van der Waals surface area (Å²) in [4.78, 5) is 0. The van der Waals surface area contributed by atoms with Gasteiger partial charge in [-0.05, 0) is 37.6 Å². The summed E-state index contributed by atoms with van der Waals surface area (Å²) in [5.74, 6) is 0.824. The van der Waals surface area contributed by atoms with Crippen LogP contribution in [0.1, 0.15) is 87.0 Å². The first kappa shape index (κ1) is 20.9. The Morgan fingerprint density at radius 3 is 2.10 bits per heavy atom. The minimum absolute atomic E-state index is 0.185. The van der Waals surface area contributed by atoms with Gasteiger partial charge in [0.1, 0.15) is 0 Å². The van der Waals surface area contributed by atoms with Gasteiger partial charge in [0, 0.05) is 12.6 Å². The number of rotatable bonds is 12. The molecule has 0 aliphatic rings. The summed E-state index contributed by atoms with van der Waals surface area (Å²) < 4.78 is 6.15. The Morgan fingerprint density at radius 2 is 1.67 bits per heavy atom. The molecular formula is C19H41NO. The normalized spacial score (nSPS) is 16.7. The maximum absolute atomic E-state index is 6.15. The third-order valence-corrected chi connectivity index (χ3v) is 4.35. The van der Waals surface area contributed by atoms with Crippen molar-refractivity contribution in [3.05, 3.63) is 0 Å². The van der Waals surface area contributed by atoms with E-state index in [0.29, 0.717) is 12.1 Å². The van der Waals surface area contributed by atoms with E-state index in [4.69, 9.17) is 4.74 Å². The van der Waals surface area contributed by atoms with Crippen molar-refractivity contribution in [3.8, 4) is 0 Å². The van der Waals surface area contributed by atoms with Crippen LogP contribution in [-0.4, -0.2) is 25.3 Å². The summed E-state index contributed by atoms with van der Waals surface area (Å²) in [6.07, 6.45) is 8.03. The Bertz CT molecular complexity index is 234. The molecule has 0 rings (SSSR count). The summed E-state index contributed by atoms with van der Waals surface area (Å²) in [7, 11) is 0. The molecule has 0 aromatic carbocycles. The summed E-state index contributed by atoms with van der Waals surface area (Å²) in [5, 5.41) is 3.78. The van der Waals surface area contributed by atoms with Crippen molar-refractivity contribution in [1.82, 2.24) is 5.32 Å². The van der Waals surface area contributed by atoms with E-state index in [9.17, 15) is 0 Å². The lowest BCUT2D eigenvalue weighted by molar-refractivity contribution is -0.0408. The quantitative estimate of drug-likeness (QED) is 0.520. The first-order valence-electron chi connectivity index (χ1n) is 9.25. The summed E-state index contributed by atoms with van der Waals surface area (Å²) >= 11 is 0. The van der Waals surface area contributed by atoms with Gasteiger partial charge < -0.3 is 10.1 Å². The molecule has 0 aliphatic heterocycles. The zero-order valence-corrected chi connectivity index (χ0v) is 15.8. The van der Waals surface area contributed by atoms with Crippen LogP contribution in [0.2, 0.25) is 0 Å². The van der Waals surface area contributed by atoms with E-state index in [1.807, 2.05) is 0 Å².